The van der Waals surface area contributed by atoms with Crippen LogP contribution in [0, 0.1) is 10.8 Å². The fourth-order valence-corrected chi connectivity index (χ4v) is 7.21. The number of hydrogen-bond acceptors (Lipinski definition) is 10. The largest absolute Gasteiger partial charge is 0.467 e. The zero-order valence-electron chi connectivity index (χ0n) is 31.7. The zero-order valence-corrected chi connectivity index (χ0v) is 34.7. The van der Waals surface area contributed by atoms with Crippen molar-refractivity contribution in [3.63, 3.8) is 0 Å². The van der Waals surface area contributed by atoms with Gasteiger partial charge in [-0.05, 0) is 60.7 Å². The summed E-state index contributed by atoms with van der Waals surface area (Å²) in [5.41, 5.74) is 1.99. The van der Waals surface area contributed by atoms with E-state index in [2.05, 4.69) is 67.5 Å². The van der Waals surface area contributed by atoms with Gasteiger partial charge < -0.3 is 47.2 Å². The van der Waals surface area contributed by atoms with Gasteiger partial charge in [-0.1, -0.05) is 71.6 Å². The molecule has 2 saturated heterocycles. The second-order valence-electron chi connectivity index (χ2n) is 15.3. The Morgan fingerprint density at radius 1 is 0.750 bits per heavy atom. The van der Waals surface area contributed by atoms with Crippen LogP contribution >= 0.6 is 28.7 Å². The predicted octanol–water partition coefficient (Wildman–Crippen LogP) is 8.36. The number of halogens is 1. The zero-order chi connectivity index (χ0) is 37.6. The molecule has 12 heteroatoms. The molecule has 3 aromatic carbocycles. The summed E-state index contributed by atoms with van der Waals surface area (Å²) in [5.74, 6) is 0.843. The molecule has 0 spiro atoms. The van der Waals surface area contributed by atoms with Crippen molar-refractivity contribution in [3.8, 4) is 11.5 Å². The minimum atomic E-state index is -1.83. The normalized spacial score (nSPS) is 18.7. The summed E-state index contributed by atoms with van der Waals surface area (Å²) in [4.78, 5) is 0. The van der Waals surface area contributed by atoms with E-state index in [0.717, 1.165) is 29.5 Å². The van der Waals surface area contributed by atoms with Crippen molar-refractivity contribution in [1.82, 2.24) is 0 Å². The lowest BCUT2D eigenvalue weighted by Crippen LogP contribution is -2.35. The maximum absolute atomic E-state index is 13.7. The van der Waals surface area contributed by atoms with E-state index in [1.807, 2.05) is 54.6 Å². The molecule has 0 aliphatic carbocycles. The van der Waals surface area contributed by atoms with E-state index in [-0.39, 0.29) is 24.4 Å². The minimum Gasteiger partial charge on any atom is -0.467 e. The lowest BCUT2D eigenvalue weighted by atomic mass is 9.77. The smallest absolute Gasteiger partial charge is 0.188 e. The summed E-state index contributed by atoms with van der Waals surface area (Å²) in [6.07, 6.45) is 4.57. The second-order valence-corrected chi connectivity index (χ2v) is 24.1. The molecule has 5 rings (SSSR count). The molecule has 0 unspecified atom stereocenters. The molecule has 0 bridgehead atoms. The molecule has 0 atom stereocenters. The Morgan fingerprint density at radius 3 is 1.67 bits per heavy atom. The van der Waals surface area contributed by atoms with Crippen LogP contribution in [0.25, 0.3) is 0 Å². The minimum absolute atomic E-state index is 0.0329. The van der Waals surface area contributed by atoms with Crippen LogP contribution in [-0.2, 0) is 44.6 Å². The number of aliphatic hydroxyl groups is 1. The third kappa shape index (κ3) is 10.6. The van der Waals surface area contributed by atoms with Gasteiger partial charge in [-0.2, -0.15) is 0 Å². The fraction of sp³-hybridized carbons (Fsp3) is 0.550. The first-order valence-electron chi connectivity index (χ1n) is 17.5. The summed E-state index contributed by atoms with van der Waals surface area (Å²) in [6, 6.07) is 19.2. The Labute approximate surface area is 322 Å². The van der Waals surface area contributed by atoms with E-state index in [1.54, 1.807) is 14.2 Å². The van der Waals surface area contributed by atoms with Crippen LogP contribution in [0.4, 0.5) is 0 Å². The molecule has 2 heterocycles. The Hall–Kier alpha value is -1.98. The molecule has 52 heavy (non-hydrogen) atoms. The Morgan fingerprint density at radius 2 is 1.23 bits per heavy atom. The van der Waals surface area contributed by atoms with Crippen LogP contribution in [0.1, 0.15) is 80.1 Å². The quantitative estimate of drug-likeness (QED) is 0.0655. The summed E-state index contributed by atoms with van der Waals surface area (Å²) in [7, 11) is 2.02. The van der Waals surface area contributed by atoms with Crippen molar-refractivity contribution < 1.29 is 47.2 Å². The number of methoxy groups -OCH3 is 2. The highest BCUT2D eigenvalue weighted by atomic mass is 127. The third-order valence-electron chi connectivity index (χ3n) is 8.82. The van der Waals surface area contributed by atoms with E-state index in [4.69, 9.17) is 42.1 Å². The van der Waals surface area contributed by atoms with Gasteiger partial charge in [0.1, 0.15) is 17.1 Å². The van der Waals surface area contributed by atoms with Gasteiger partial charge in [0, 0.05) is 68.5 Å². The van der Waals surface area contributed by atoms with Crippen LogP contribution < -0.4 is 9.47 Å². The standard InChI is InChI=1S/C40H55IO10S/c1-38(2)22-45-36(46-23-38)29-14-16-34(49-26-43-5)32(20-29)40(42,31-13-9-11-28(19-31)12-10-18-51-52(7,8)41)33-21-30(15-17-35(33)50-27-44-6)37-47-24-39(3,4)25-48-37/h9,11,13-17,19-21,36-37,42H,10,12,18,22-27H2,1-8H3. The highest BCUT2D eigenvalue weighted by Crippen LogP contribution is 2.50. The van der Waals surface area contributed by atoms with Crippen LogP contribution in [0.2, 0.25) is 0 Å². The monoisotopic (exact) mass is 854 g/mol. The SMILES string of the molecule is COCOc1ccc(C2OCC(C)(C)CO2)cc1C(O)(c1cccc(CCCOS(C)(C)I)c1)c1cc(C2OCC(C)(C)CO2)ccc1OCOC. The molecular formula is C40H55IO10S. The molecule has 0 aromatic heterocycles. The summed E-state index contributed by atoms with van der Waals surface area (Å²) in [5, 5.41) is 13.7. The highest BCUT2D eigenvalue weighted by molar-refractivity contribution is 14.2. The first kappa shape index (κ1) is 41.2. The molecule has 0 saturated carbocycles. The van der Waals surface area contributed by atoms with Crippen molar-refractivity contribution in [3.05, 3.63) is 94.0 Å². The Bertz CT molecular complexity index is 1520. The highest BCUT2D eigenvalue weighted by Gasteiger charge is 2.42. The molecule has 288 valence electrons. The van der Waals surface area contributed by atoms with Gasteiger partial charge in [0.15, 0.2) is 26.2 Å². The van der Waals surface area contributed by atoms with Gasteiger partial charge in [0.2, 0.25) is 0 Å². The van der Waals surface area contributed by atoms with Crippen molar-refractivity contribution in [2.75, 3.05) is 73.4 Å². The van der Waals surface area contributed by atoms with Crippen molar-refractivity contribution in [2.24, 2.45) is 10.8 Å². The molecule has 10 nitrogen and oxygen atoms in total. The summed E-state index contributed by atoms with van der Waals surface area (Å²) < 4.78 is 54.0. The molecule has 0 radical (unpaired) electrons. The van der Waals surface area contributed by atoms with E-state index < -0.39 is 25.7 Å². The van der Waals surface area contributed by atoms with E-state index in [9.17, 15) is 5.11 Å². The topological polar surface area (TPSA) is 103 Å². The first-order valence-corrected chi connectivity index (χ1v) is 22.4. The maximum atomic E-state index is 13.7. The first-order chi connectivity index (χ1) is 24.6. The van der Waals surface area contributed by atoms with Crippen LogP contribution in [0.5, 0.6) is 11.5 Å². The van der Waals surface area contributed by atoms with Gasteiger partial charge >= 0.3 is 0 Å². The number of hydrogen-bond donors (Lipinski definition) is 1. The second kappa shape index (κ2) is 17.7. The van der Waals surface area contributed by atoms with Crippen molar-refractivity contribution in [2.45, 2.75) is 58.7 Å². The molecule has 0 amide bonds. The van der Waals surface area contributed by atoms with Crippen LogP contribution in [0.3, 0.4) is 0 Å². The summed E-state index contributed by atoms with van der Waals surface area (Å²) >= 11 is 2.38. The lowest BCUT2D eigenvalue weighted by Gasteiger charge is -2.37. The van der Waals surface area contributed by atoms with Gasteiger partial charge in [0.25, 0.3) is 0 Å². The molecule has 1 N–H and O–H groups in total. The van der Waals surface area contributed by atoms with E-state index in [0.29, 0.717) is 61.2 Å². The lowest BCUT2D eigenvalue weighted by molar-refractivity contribution is -0.226. The Balaban J connectivity index is 1.68. The Kier molecular flexibility index (Phi) is 14.0. The van der Waals surface area contributed by atoms with E-state index >= 15 is 0 Å². The molecular weight excluding hydrogens is 799 g/mol. The number of ether oxygens (including phenoxy) is 8. The molecule has 3 aromatic rings. The van der Waals surface area contributed by atoms with Crippen LogP contribution in [-0.4, -0.2) is 78.5 Å². The predicted molar refractivity (Wildman–Crippen MR) is 211 cm³/mol. The number of benzene rings is 3. The van der Waals surface area contributed by atoms with Gasteiger partial charge in [-0.15, -0.1) is 0 Å². The third-order valence-corrected chi connectivity index (χ3v) is 10.3. The number of aryl methyl sites for hydroxylation is 1. The summed E-state index contributed by atoms with van der Waals surface area (Å²) in [6.45, 7) is 11.1. The average molecular weight is 855 g/mol. The van der Waals surface area contributed by atoms with Gasteiger partial charge in [-0.25, -0.2) is 0 Å². The van der Waals surface area contributed by atoms with Gasteiger partial charge in [-0.3, -0.25) is 0 Å². The van der Waals surface area contributed by atoms with E-state index in [1.165, 1.54) is 0 Å². The van der Waals surface area contributed by atoms with Gasteiger partial charge in [0.05, 0.1) is 33.0 Å². The molecule has 2 aliphatic rings. The van der Waals surface area contributed by atoms with Crippen LogP contribution in [0.15, 0.2) is 60.7 Å². The fourth-order valence-electron chi connectivity index (χ4n) is 6.16. The van der Waals surface area contributed by atoms with Crippen molar-refractivity contribution in [1.29, 1.82) is 0 Å². The molecule has 2 fully saturated rings. The molecule has 2 aliphatic heterocycles. The number of rotatable bonds is 16. The van der Waals surface area contributed by atoms with Crippen molar-refractivity contribution >= 4 is 28.7 Å². The average Bonchev–Trinajstić information content (AvgIpc) is 3.11. The maximum Gasteiger partial charge on any atom is 0.188 e.